The van der Waals surface area contributed by atoms with Gasteiger partial charge < -0.3 is 9.64 Å². The van der Waals surface area contributed by atoms with Crippen LogP contribution in [-0.4, -0.2) is 52.4 Å². The van der Waals surface area contributed by atoms with Crippen LogP contribution in [0.1, 0.15) is 19.3 Å². The summed E-state index contributed by atoms with van der Waals surface area (Å²) in [5, 5.41) is 11.0. The third kappa shape index (κ3) is 5.70. The van der Waals surface area contributed by atoms with E-state index in [4.69, 9.17) is 4.74 Å². The van der Waals surface area contributed by atoms with Gasteiger partial charge in [-0.3, -0.25) is 14.9 Å². The molecule has 26 heavy (non-hydrogen) atoms. The molecule has 1 aromatic heterocycles. The Morgan fingerprint density at radius 1 is 1.15 bits per heavy atom. The average molecular weight is 393 g/mol. The molecule has 0 aliphatic carbocycles. The highest BCUT2D eigenvalue weighted by Crippen LogP contribution is 2.26. The Bertz CT molecular complexity index is 733. The van der Waals surface area contributed by atoms with Gasteiger partial charge in [-0.05, 0) is 31.4 Å². The number of para-hydroxylation sites is 1. The third-order valence-corrected chi connectivity index (χ3v) is 5.75. The van der Waals surface area contributed by atoms with Gasteiger partial charge in [-0.1, -0.05) is 41.3 Å². The van der Waals surface area contributed by atoms with Gasteiger partial charge >= 0.3 is 0 Å². The Hall–Kier alpha value is -2.13. The van der Waals surface area contributed by atoms with Crippen molar-refractivity contribution in [3.63, 3.8) is 0 Å². The molecule has 1 saturated heterocycles. The first-order valence-corrected chi connectivity index (χ1v) is 10.2. The van der Waals surface area contributed by atoms with E-state index in [9.17, 15) is 9.59 Å². The summed E-state index contributed by atoms with van der Waals surface area (Å²) in [5.41, 5.74) is 0. The van der Waals surface area contributed by atoms with E-state index < -0.39 is 0 Å². The van der Waals surface area contributed by atoms with Crippen molar-refractivity contribution in [3.05, 3.63) is 30.3 Å². The van der Waals surface area contributed by atoms with E-state index >= 15 is 0 Å². The zero-order valence-electron chi connectivity index (χ0n) is 14.2. The summed E-state index contributed by atoms with van der Waals surface area (Å²) in [6, 6.07) is 9.13. The van der Waals surface area contributed by atoms with Crippen molar-refractivity contribution >= 4 is 40.0 Å². The summed E-state index contributed by atoms with van der Waals surface area (Å²) in [5.74, 6) is 0.810. The van der Waals surface area contributed by atoms with Crippen molar-refractivity contribution in [1.29, 1.82) is 0 Å². The van der Waals surface area contributed by atoms with E-state index in [-0.39, 0.29) is 18.4 Å². The molecule has 2 heterocycles. The molecule has 0 atom stereocenters. The molecule has 0 radical (unpaired) electrons. The Morgan fingerprint density at radius 3 is 2.69 bits per heavy atom. The smallest absolute Gasteiger partial charge is 0.264 e. The van der Waals surface area contributed by atoms with Crippen molar-refractivity contribution in [2.75, 3.05) is 30.8 Å². The molecule has 3 rings (SSSR count). The summed E-state index contributed by atoms with van der Waals surface area (Å²) < 4.78 is 6.04. The van der Waals surface area contributed by atoms with Gasteiger partial charge in [-0.15, -0.1) is 10.2 Å². The van der Waals surface area contributed by atoms with Crippen LogP contribution in [0.4, 0.5) is 5.13 Å². The van der Waals surface area contributed by atoms with Crippen LogP contribution < -0.4 is 10.1 Å². The monoisotopic (exact) mass is 392 g/mol. The zero-order chi connectivity index (χ0) is 18.2. The molecule has 9 heteroatoms. The van der Waals surface area contributed by atoms with Crippen LogP contribution in [0.25, 0.3) is 0 Å². The van der Waals surface area contributed by atoms with Gasteiger partial charge in [0.25, 0.3) is 5.91 Å². The molecule has 2 aromatic rings. The van der Waals surface area contributed by atoms with Crippen LogP contribution in [0.2, 0.25) is 0 Å². The lowest BCUT2D eigenvalue weighted by molar-refractivity contribution is -0.129. The standard InChI is InChI=1S/C17H20N4O3S2/c22-14(11-24-13-7-3-1-4-8-13)18-16-19-20-17(26-16)25-12-15(23)21-9-5-2-6-10-21/h1,3-4,7-8H,2,5-6,9-12H2,(H,18,19,22). The van der Waals surface area contributed by atoms with E-state index in [2.05, 4.69) is 15.5 Å². The number of ether oxygens (including phenoxy) is 1. The number of piperidine rings is 1. The molecular formula is C17H20N4O3S2. The van der Waals surface area contributed by atoms with Crippen molar-refractivity contribution in [2.24, 2.45) is 0 Å². The number of benzene rings is 1. The van der Waals surface area contributed by atoms with Crippen molar-refractivity contribution < 1.29 is 14.3 Å². The van der Waals surface area contributed by atoms with Crippen molar-refractivity contribution in [2.45, 2.75) is 23.6 Å². The molecule has 1 fully saturated rings. The molecule has 0 bridgehead atoms. The second-order valence-electron chi connectivity index (χ2n) is 5.75. The molecule has 1 aliphatic rings. The average Bonchev–Trinajstić information content (AvgIpc) is 3.13. The number of nitrogens with one attached hydrogen (secondary N) is 1. The number of carbonyl (C=O) groups is 2. The molecule has 1 aromatic carbocycles. The van der Waals surface area contributed by atoms with Crippen LogP contribution in [0, 0.1) is 0 Å². The van der Waals surface area contributed by atoms with Crippen LogP contribution in [-0.2, 0) is 9.59 Å². The molecular weight excluding hydrogens is 372 g/mol. The second kappa shape index (κ2) is 9.54. The number of thioether (sulfide) groups is 1. The van der Waals surface area contributed by atoms with E-state index in [1.165, 1.54) is 29.5 Å². The largest absolute Gasteiger partial charge is 0.484 e. The summed E-state index contributed by atoms with van der Waals surface area (Å²) in [6.07, 6.45) is 3.36. The highest BCUT2D eigenvalue weighted by atomic mass is 32.2. The molecule has 1 aliphatic heterocycles. The molecule has 0 spiro atoms. The quantitative estimate of drug-likeness (QED) is 0.576. The maximum atomic E-state index is 12.2. The molecule has 0 saturated carbocycles. The minimum atomic E-state index is -0.300. The highest BCUT2D eigenvalue weighted by Gasteiger charge is 2.17. The van der Waals surface area contributed by atoms with Crippen molar-refractivity contribution in [1.82, 2.24) is 15.1 Å². The van der Waals surface area contributed by atoms with Gasteiger partial charge in [-0.2, -0.15) is 0 Å². The maximum absolute atomic E-state index is 12.2. The Morgan fingerprint density at radius 2 is 1.92 bits per heavy atom. The number of nitrogens with zero attached hydrogens (tertiary/aromatic N) is 3. The maximum Gasteiger partial charge on any atom is 0.264 e. The number of likely N-dealkylation sites (tertiary alicyclic amines) is 1. The molecule has 0 unspecified atom stereocenters. The minimum absolute atomic E-state index is 0.0977. The Balaban J connectivity index is 1.41. The SMILES string of the molecule is O=C(COc1ccccc1)Nc1nnc(SCC(=O)N2CCCCC2)s1. The molecule has 138 valence electrons. The van der Waals surface area contributed by atoms with Crippen LogP contribution in [0.15, 0.2) is 34.7 Å². The highest BCUT2D eigenvalue weighted by molar-refractivity contribution is 8.01. The summed E-state index contributed by atoms with van der Waals surface area (Å²) in [6.45, 7) is 1.59. The second-order valence-corrected chi connectivity index (χ2v) is 7.95. The normalized spacial score (nSPS) is 14.1. The summed E-state index contributed by atoms with van der Waals surface area (Å²) in [4.78, 5) is 26.0. The topological polar surface area (TPSA) is 84.4 Å². The molecule has 7 nitrogen and oxygen atoms in total. The number of aromatic nitrogens is 2. The number of anilines is 1. The van der Waals surface area contributed by atoms with Gasteiger partial charge in [0.05, 0.1) is 5.75 Å². The molecule has 2 amide bonds. The lowest BCUT2D eigenvalue weighted by Crippen LogP contribution is -2.36. The predicted molar refractivity (Wildman–Crippen MR) is 102 cm³/mol. The van der Waals surface area contributed by atoms with Gasteiger partial charge in [-0.25, -0.2) is 0 Å². The van der Waals surface area contributed by atoms with Gasteiger partial charge in [0.1, 0.15) is 5.75 Å². The van der Waals surface area contributed by atoms with E-state index in [0.717, 1.165) is 25.9 Å². The van der Waals surface area contributed by atoms with Crippen molar-refractivity contribution in [3.8, 4) is 5.75 Å². The Kier molecular flexibility index (Phi) is 6.84. The summed E-state index contributed by atoms with van der Waals surface area (Å²) in [7, 11) is 0. The number of hydrogen-bond acceptors (Lipinski definition) is 7. The lowest BCUT2D eigenvalue weighted by atomic mass is 10.1. The van der Waals surface area contributed by atoms with Crippen LogP contribution in [0.3, 0.4) is 0 Å². The van der Waals surface area contributed by atoms with E-state index in [1.807, 2.05) is 23.1 Å². The summed E-state index contributed by atoms with van der Waals surface area (Å²) >= 11 is 2.61. The number of rotatable bonds is 7. The fourth-order valence-electron chi connectivity index (χ4n) is 2.50. The fourth-order valence-corrected chi connectivity index (χ4v) is 4.17. The third-order valence-electron chi connectivity index (χ3n) is 3.79. The van der Waals surface area contributed by atoms with Gasteiger partial charge in [0.15, 0.2) is 10.9 Å². The van der Waals surface area contributed by atoms with E-state index in [0.29, 0.717) is 21.0 Å². The lowest BCUT2D eigenvalue weighted by Gasteiger charge is -2.26. The van der Waals surface area contributed by atoms with Crippen LogP contribution in [0.5, 0.6) is 5.75 Å². The minimum Gasteiger partial charge on any atom is -0.484 e. The fraction of sp³-hybridized carbons (Fsp3) is 0.412. The van der Waals surface area contributed by atoms with Gasteiger partial charge in [0, 0.05) is 13.1 Å². The Labute approximate surface area is 160 Å². The number of carbonyl (C=O) groups excluding carboxylic acids is 2. The number of hydrogen-bond donors (Lipinski definition) is 1. The molecule has 1 N–H and O–H groups in total. The zero-order valence-corrected chi connectivity index (χ0v) is 15.9. The predicted octanol–water partition coefficient (Wildman–Crippen LogP) is 2.66. The first-order valence-electron chi connectivity index (χ1n) is 8.42. The van der Waals surface area contributed by atoms with Crippen LogP contribution >= 0.6 is 23.1 Å². The first kappa shape index (κ1) is 18.7. The first-order chi connectivity index (χ1) is 12.7. The van der Waals surface area contributed by atoms with Gasteiger partial charge in [0.2, 0.25) is 11.0 Å². The number of amides is 2. The van der Waals surface area contributed by atoms with E-state index in [1.54, 1.807) is 12.1 Å².